The third-order valence-corrected chi connectivity index (χ3v) is 6.78. The van der Waals surface area contributed by atoms with Crippen LogP contribution in [0.2, 0.25) is 5.02 Å². The van der Waals surface area contributed by atoms with Crippen molar-refractivity contribution in [2.45, 2.75) is 18.0 Å². The number of hydrogen-bond acceptors (Lipinski definition) is 6. The van der Waals surface area contributed by atoms with Crippen LogP contribution in [0, 0.1) is 0 Å². The molecule has 0 atom stereocenters. The van der Waals surface area contributed by atoms with Gasteiger partial charge in [0.15, 0.2) is 6.61 Å². The number of likely N-dealkylation sites (N-methyl/N-ethyl adjacent to an activating group) is 1. The number of carbonyl (C=O) groups excluding carboxylic acids is 2. The van der Waals surface area contributed by atoms with E-state index in [0.717, 1.165) is 10.4 Å². The molecule has 1 aliphatic rings. The Labute approximate surface area is 192 Å². The van der Waals surface area contributed by atoms with Crippen molar-refractivity contribution in [1.82, 2.24) is 9.79 Å². The molecule has 3 rings (SSSR count). The van der Waals surface area contributed by atoms with Gasteiger partial charge in [-0.05, 0) is 37.3 Å². The van der Waals surface area contributed by atoms with Gasteiger partial charge >= 0.3 is 6.18 Å². The van der Waals surface area contributed by atoms with E-state index >= 15 is 0 Å². The Morgan fingerprint density at radius 3 is 2.52 bits per heavy atom. The molecule has 1 aliphatic heterocycles. The quantitative estimate of drug-likeness (QED) is 0.477. The second-order valence-electron chi connectivity index (χ2n) is 6.90. The summed E-state index contributed by atoms with van der Waals surface area (Å²) in [4.78, 5) is 29.7. The van der Waals surface area contributed by atoms with E-state index in [2.05, 4.69) is 10.8 Å². The minimum Gasteiger partial charge on any atom is -0.324 e. The molecule has 2 N–H and O–H groups in total. The predicted molar refractivity (Wildman–Crippen MR) is 113 cm³/mol. The van der Waals surface area contributed by atoms with Gasteiger partial charge in [-0.25, -0.2) is 8.42 Å². The van der Waals surface area contributed by atoms with E-state index in [1.165, 1.54) is 44.3 Å². The van der Waals surface area contributed by atoms with Gasteiger partial charge in [0, 0.05) is 18.3 Å². The Hall–Kier alpha value is -3.09. The van der Waals surface area contributed by atoms with Crippen LogP contribution in [-0.4, -0.2) is 38.1 Å². The molecule has 2 aromatic rings. The van der Waals surface area contributed by atoms with Crippen molar-refractivity contribution in [2.75, 3.05) is 19.0 Å². The SMILES string of the molecule is C/C(NOCC(=O)Nc1ccc(Cl)c(C(F)(F)F)c1)=C1/C(=O)c2ccccc2S(=O)(=O)N1C. The Morgan fingerprint density at radius 1 is 1.18 bits per heavy atom. The Kier molecular flexibility index (Phi) is 6.73. The number of ketones is 1. The van der Waals surface area contributed by atoms with Gasteiger partial charge in [-0.2, -0.15) is 13.2 Å². The lowest BCUT2D eigenvalue weighted by Crippen LogP contribution is -2.38. The van der Waals surface area contributed by atoms with E-state index in [4.69, 9.17) is 16.4 Å². The van der Waals surface area contributed by atoms with Crippen LogP contribution in [0.15, 0.2) is 58.8 Å². The van der Waals surface area contributed by atoms with Gasteiger partial charge in [0.2, 0.25) is 5.78 Å². The van der Waals surface area contributed by atoms with Gasteiger partial charge in [0.25, 0.3) is 15.9 Å². The topological polar surface area (TPSA) is 105 Å². The van der Waals surface area contributed by atoms with E-state index in [0.29, 0.717) is 6.07 Å². The highest BCUT2D eigenvalue weighted by atomic mass is 35.5. The summed E-state index contributed by atoms with van der Waals surface area (Å²) in [6.07, 6.45) is -4.70. The van der Waals surface area contributed by atoms with Crippen LogP contribution in [0.25, 0.3) is 0 Å². The number of allylic oxidation sites excluding steroid dienone is 2. The van der Waals surface area contributed by atoms with Crippen molar-refractivity contribution in [3.05, 3.63) is 70.0 Å². The highest BCUT2D eigenvalue weighted by Gasteiger charge is 2.38. The maximum absolute atomic E-state index is 12.9. The molecule has 2 aromatic carbocycles. The zero-order valence-corrected chi connectivity index (χ0v) is 18.7. The van der Waals surface area contributed by atoms with Crippen LogP contribution in [0.3, 0.4) is 0 Å². The number of amides is 1. The zero-order chi connectivity index (χ0) is 24.6. The first-order valence-electron chi connectivity index (χ1n) is 9.22. The van der Waals surface area contributed by atoms with Crippen LogP contribution in [0.4, 0.5) is 18.9 Å². The molecule has 8 nitrogen and oxygen atoms in total. The molecule has 176 valence electrons. The fourth-order valence-electron chi connectivity index (χ4n) is 3.10. The Bertz CT molecular complexity index is 1260. The van der Waals surface area contributed by atoms with Gasteiger partial charge in [-0.3, -0.25) is 24.2 Å². The first kappa shape index (κ1) is 24.6. The largest absolute Gasteiger partial charge is 0.417 e. The highest BCUT2D eigenvalue weighted by molar-refractivity contribution is 7.89. The predicted octanol–water partition coefficient (Wildman–Crippen LogP) is 3.57. The van der Waals surface area contributed by atoms with E-state index in [1.54, 1.807) is 0 Å². The van der Waals surface area contributed by atoms with E-state index in [9.17, 15) is 31.2 Å². The molecular weight excluding hydrogens is 487 g/mol. The molecule has 33 heavy (non-hydrogen) atoms. The summed E-state index contributed by atoms with van der Waals surface area (Å²) in [5.41, 5.74) is 0.872. The van der Waals surface area contributed by atoms with Crippen molar-refractivity contribution in [2.24, 2.45) is 0 Å². The van der Waals surface area contributed by atoms with Crippen molar-refractivity contribution < 1.29 is 36.0 Å². The minimum absolute atomic E-state index is 0.00676. The maximum Gasteiger partial charge on any atom is 0.417 e. The molecule has 0 saturated heterocycles. The van der Waals surface area contributed by atoms with Crippen molar-refractivity contribution in [3.8, 4) is 0 Å². The molecule has 1 amide bonds. The van der Waals surface area contributed by atoms with Crippen LogP contribution in [0.5, 0.6) is 0 Å². The number of benzene rings is 2. The first-order valence-corrected chi connectivity index (χ1v) is 11.0. The lowest BCUT2D eigenvalue weighted by atomic mass is 10.1. The van der Waals surface area contributed by atoms with E-state index in [-0.39, 0.29) is 27.5 Å². The number of nitrogens with one attached hydrogen (secondary N) is 2. The standard InChI is InChI=1S/C20H17ClF3N3O5S/c1-11(18-19(29)13-5-3-4-6-16(13)33(30,31)27(18)2)26-32-10-17(28)25-12-7-8-15(21)14(9-12)20(22,23)24/h3-9,26H,10H2,1-2H3,(H,25,28)/b18-11+. The second-order valence-corrected chi connectivity index (χ2v) is 9.25. The zero-order valence-electron chi connectivity index (χ0n) is 17.2. The summed E-state index contributed by atoms with van der Waals surface area (Å²) in [6, 6.07) is 8.59. The fraction of sp³-hybridized carbons (Fsp3) is 0.200. The molecule has 0 bridgehead atoms. The third-order valence-electron chi connectivity index (χ3n) is 4.64. The van der Waals surface area contributed by atoms with Crippen LogP contribution < -0.4 is 10.8 Å². The van der Waals surface area contributed by atoms with Gasteiger partial charge < -0.3 is 5.32 Å². The van der Waals surface area contributed by atoms with Crippen molar-refractivity contribution in [3.63, 3.8) is 0 Å². The molecule has 0 aliphatic carbocycles. The second kappa shape index (κ2) is 9.04. The first-order chi connectivity index (χ1) is 15.3. The maximum atomic E-state index is 12.9. The third kappa shape index (κ3) is 4.97. The molecule has 0 spiro atoms. The number of sulfonamides is 1. The van der Waals surface area contributed by atoms with Crippen molar-refractivity contribution in [1.29, 1.82) is 0 Å². The molecule has 0 unspecified atom stereocenters. The normalized spacial score (nSPS) is 16.8. The lowest BCUT2D eigenvalue weighted by molar-refractivity contribution is -0.137. The number of nitrogens with zero attached hydrogens (tertiary/aromatic N) is 1. The molecule has 0 saturated carbocycles. The molecular formula is C20H17ClF3N3O5S. The highest BCUT2D eigenvalue weighted by Crippen LogP contribution is 2.36. The fourth-order valence-corrected chi connectivity index (χ4v) is 4.77. The number of Topliss-reactive ketones (excluding diaryl/α,β-unsaturated/α-hetero) is 1. The summed E-state index contributed by atoms with van der Waals surface area (Å²) in [5.74, 6) is -1.38. The summed E-state index contributed by atoms with van der Waals surface area (Å²) < 4.78 is 65.0. The van der Waals surface area contributed by atoms with E-state index < -0.39 is 45.1 Å². The van der Waals surface area contributed by atoms with Gasteiger partial charge in [-0.1, -0.05) is 23.7 Å². The number of rotatable bonds is 5. The summed E-state index contributed by atoms with van der Waals surface area (Å²) in [5, 5.41) is 1.71. The smallest absolute Gasteiger partial charge is 0.324 e. The van der Waals surface area contributed by atoms with Crippen LogP contribution >= 0.6 is 11.6 Å². The lowest BCUT2D eigenvalue weighted by Gasteiger charge is -2.29. The molecule has 0 fully saturated rings. The van der Waals surface area contributed by atoms with Crippen molar-refractivity contribution >= 4 is 39.0 Å². The van der Waals surface area contributed by atoms with E-state index in [1.807, 2.05) is 0 Å². The number of alkyl halides is 3. The number of fused-ring (bicyclic) bond motifs is 1. The number of anilines is 1. The average molecular weight is 504 g/mol. The number of hydrogen-bond donors (Lipinski definition) is 2. The molecule has 1 heterocycles. The van der Waals surface area contributed by atoms with Gasteiger partial charge in [-0.15, -0.1) is 0 Å². The average Bonchev–Trinajstić information content (AvgIpc) is 2.73. The number of carbonyl (C=O) groups is 2. The summed E-state index contributed by atoms with van der Waals surface area (Å²) >= 11 is 5.54. The van der Waals surface area contributed by atoms with Crippen LogP contribution in [-0.2, 0) is 25.8 Å². The Balaban J connectivity index is 1.70. The number of hydroxylamine groups is 1. The minimum atomic E-state index is -4.70. The molecule has 0 radical (unpaired) electrons. The monoisotopic (exact) mass is 503 g/mol. The number of halogens is 4. The molecule has 0 aromatic heterocycles. The summed E-state index contributed by atoms with van der Waals surface area (Å²) in [7, 11) is -2.77. The Morgan fingerprint density at radius 2 is 1.85 bits per heavy atom. The van der Waals surface area contributed by atoms with Gasteiger partial charge in [0.1, 0.15) is 5.70 Å². The molecule has 13 heteroatoms. The van der Waals surface area contributed by atoms with Crippen LogP contribution in [0.1, 0.15) is 22.8 Å². The van der Waals surface area contributed by atoms with Gasteiger partial charge in [0.05, 0.1) is 21.2 Å². The summed E-state index contributed by atoms with van der Waals surface area (Å²) in [6.45, 7) is 0.718.